The first-order chi connectivity index (χ1) is 32.1. The fraction of sp³-hybridized carbons (Fsp3) is 0.818. The van der Waals surface area contributed by atoms with Gasteiger partial charge >= 0.3 is 0 Å². The number of hydrogen-bond donors (Lipinski definition) is 1. The van der Waals surface area contributed by atoms with Crippen LogP contribution in [0.15, 0.2) is 52.0 Å². The van der Waals surface area contributed by atoms with Gasteiger partial charge in [0.2, 0.25) is 0 Å². The Kier molecular flexibility index (Phi) is 33.9. The molecular formula is C55H99Cl2N5O4S. The number of benzene rings is 1. The number of nitrogens with zero attached hydrogens (tertiary/aromatic N) is 5. The quantitative estimate of drug-likeness (QED) is 0.231. The number of aliphatic imine (C=N–C) groups is 2. The second-order valence-corrected chi connectivity index (χ2v) is 23.0. The second-order valence-electron chi connectivity index (χ2n) is 20.2. The van der Waals surface area contributed by atoms with Crippen molar-refractivity contribution in [3.8, 4) is 0 Å². The van der Waals surface area contributed by atoms with Crippen LogP contribution in [0.25, 0.3) is 0 Å². The van der Waals surface area contributed by atoms with Crippen LogP contribution in [-0.4, -0.2) is 153 Å². The Labute approximate surface area is 426 Å². The van der Waals surface area contributed by atoms with Crippen LogP contribution in [0.3, 0.4) is 0 Å². The summed E-state index contributed by atoms with van der Waals surface area (Å²) in [6, 6.07) is 12.2. The maximum Gasteiger partial charge on any atom is 0.180 e. The van der Waals surface area contributed by atoms with Crippen LogP contribution < -0.4 is 0 Å². The van der Waals surface area contributed by atoms with E-state index in [1.54, 1.807) is 19.8 Å². The first-order valence-electron chi connectivity index (χ1n) is 26.2. The van der Waals surface area contributed by atoms with Crippen LogP contribution in [0.4, 0.5) is 0 Å². The van der Waals surface area contributed by atoms with E-state index in [2.05, 4.69) is 110 Å². The lowest BCUT2D eigenvalue weighted by atomic mass is 9.88. The number of alkyl halides is 2. The number of allylic oxidation sites excluding steroid dienone is 2. The molecule has 3 unspecified atom stereocenters. The fourth-order valence-corrected chi connectivity index (χ4v) is 9.78. The summed E-state index contributed by atoms with van der Waals surface area (Å²) in [5.74, 6) is 4.93. The van der Waals surface area contributed by atoms with Crippen LogP contribution in [0.1, 0.15) is 156 Å². The molecule has 0 spiro atoms. The molecule has 0 amide bonds. The Morgan fingerprint density at radius 2 is 1.31 bits per heavy atom. The highest BCUT2D eigenvalue weighted by Crippen LogP contribution is 2.52. The molecular weight excluding hydrogens is 898 g/mol. The third-order valence-corrected chi connectivity index (χ3v) is 15.9. The molecule has 67 heavy (non-hydrogen) atoms. The molecule has 0 bridgehead atoms. The Morgan fingerprint density at radius 3 is 1.57 bits per heavy atom. The summed E-state index contributed by atoms with van der Waals surface area (Å²) in [5.41, 5.74) is 3.11. The number of rotatable bonds is 5. The second kappa shape index (κ2) is 36.7. The van der Waals surface area contributed by atoms with Crippen molar-refractivity contribution in [3.63, 3.8) is 0 Å². The Balaban J connectivity index is 0.000000260. The van der Waals surface area contributed by atoms with E-state index < -0.39 is 0 Å². The van der Waals surface area contributed by atoms with Crippen molar-refractivity contribution >= 4 is 45.9 Å². The molecule has 7 atom stereocenters. The van der Waals surface area contributed by atoms with E-state index in [9.17, 15) is 5.11 Å². The molecule has 4 aliphatic carbocycles. The summed E-state index contributed by atoms with van der Waals surface area (Å²) in [6.07, 6.45) is 23.1. The number of aliphatic hydroxyl groups excluding tert-OH is 1. The largest absolute Gasteiger partial charge is 0.479 e. The van der Waals surface area contributed by atoms with E-state index in [1.807, 2.05) is 25.6 Å². The highest BCUT2D eigenvalue weighted by molar-refractivity contribution is 8.14. The number of aliphatic hydroxyl groups is 1. The average Bonchev–Trinajstić information content (AvgIpc) is 3.82. The van der Waals surface area contributed by atoms with Gasteiger partial charge in [-0.25, -0.2) is 0 Å². The standard InChI is InChI=1S/C10H12.2C7H15NO.C7H14O.C7H12.C5H11N.C4H6Cl2.C4H7NO.C4H7NS/c1-8-7-10(8)9-5-3-2-4-6-9;2*1-8-5-3-4-7(8)6-9-2;1-6-4-2-3-5-7(6)8;1-7-5-3-2-4-6-7;1-6-4-2-3-5-6;1-3-2-4(3,5)6;2*1-4-5-2-3-6-4/h2-6,8,10H,7H2,1H3;2*7H,3-6H2,1-2H3;6-8H,2-5H2,1H3;5H,2-4,6H2,1H3;2-5H2,1H3;3H,2H2,1H3;2*2-3H2,1H3/t8-,10?;2*7-;6?,7-;;;;;/m0100...../s1. The molecule has 0 aromatic heterocycles. The van der Waals surface area contributed by atoms with E-state index in [0.717, 1.165) is 63.5 Å². The van der Waals surface area contributed by atoms with Gasteiger partial charge in [-0.3, -0.25) is 9.98 Å². The van der Waals surface area contributed by atoms with Crippen molar-refractivity contribution in [3.05, 3.63) is 47.5 Å². The number of likely N-dealkylation sites (tertiary alicyclic amines) is 3. The molecule has 3 saturated heterocycles. The average molecular weight is 997 g/mol. The topological polar surface area (TPSA) is 82.4 Å². The highest BCUT2D eigenvalue weighted by Gasteiger charge is 2.47. The molecule has 12 heteroatoms. The van der Waals surface area contributed by atoms with Crippen molar-refractivity contribution in [1.82, 2.24) is 14.7 Å². The molecule has 3 saturated carbocycles. The first kappa shape index (κ1) is 61.9. The van der Waals surface area contributed by atoms with Gasteiger partial charge < -0.3 is 34.0 Å². The Morgan fingerprint density at radius 1 is 0.746 bits per heavy atom. The summed E-state index contributed by atoms with van der Waals surface area (Å²) in [5, 5.41) is 10.4. The summed E-state index contributed by atoms with van der Waals surface area (Å²) in [4.78, 5) is 15.1. The number of halogens is 2. The lowest BCUT2D eigenvalue weighted by molar-refractivity contribution is 0.0793. The number of ether oxygens (including phenoxy) is 3. The van der Waals surface area contributed by atoms with E-state index >= 15 is 0 Å². The van der Waals surface area contributed by atoms with Gasteiger partial charge in [-0.2, -0.15) is 0 Å². The summed E-state index contributed by atoms with van der Waals surface area (Å²) < 4.78 is 14.7. The zero-order chi connectivity index (χ0) is 49.5. The maximum atomic E-state index is 9.18. The van der Waals surface area contributed by atoms with E-state index in [-0.39, 0.29) is 10.4 Å². The van der Waals surface area contributed by atoms with Crippen molar-refractivity contribution < 1.29 is 19.3 Å². The van der Waals surface area contributed by atoms with Gasteiger partial charge in [-0.1, -0.05) is 75.6 Å². The molecule has 6 fully saturated rings. The summed E-state index contributed by atoms with van der Waals surface area (Å²) in [6.45, 7) is 22.2. The number of thioether (sulfide) groups is 1. The van der Waals surface area contributed by atoms with Gasteiger partial charge in [0.15, 0.2) is 5.90 Å². The van der Waals surface area contributed by atoms with Crippen LogP contribution in [0.5, 0.6) is 0 Å². The Hall–Kier alpha value is -1.21. The third-order valence-electron chi connectivity index (χ3n) is 13.9. The normalized spacial score (nSPS) is 28.9. The number of hydrogen-bond acceptors (Lipinski definition) is 10. The van der Waals surface area contributed by atoms with E-state index in [1.165, 1.54) is 132 Å². The predicted molar refractivity (Wildman–Crippen MR) is 293 cm³/mol. The van der Waals surface area contributed by atoms with Gasteiger partial charge in [0.25, 0.3) is 0 Å². The van der Waals surface area contributed by atoms with Gasteiger partial charge in [-0.15, -0.1) is 35.0 Å². The van der Waals surface area contributed by atoms with Crippen LogP contribution in [0.2, 0.25) is 0 Å². The van der Waals surface area contributed by atoms with Crippen molar-refractivity contribution in [2.75, 3.05) is 100 Å². The van der Waals surface area contributed by atoms with Crippen molar-refractivity contribution in [2.24, 2.45) is 27.7 Å². The SMILES string of the molecule is CC1=CCCCC1.CC1=NCCO1.CC1=NCCS1.CC1CC1(Cl)Cl.CC1CCCC[C@@H]1O.CN1CCCC1.COC[C@@H]1CCCN1C.COC[C@H]1CCCN1C.C[C@H]1CC1c1ccccc1. The molecule has 1 aromatic rings. The van der Waals surface area contributed by atoms with Crippen LogP contribution in [0, 0.1) is 17.8 Å². The molecule has 1 N–H and O–H groups in total. The molecule has 9 nitrogen and oxygen atoms in total. The van der Waals surface area contributed by atoms with Crippen molar-refractivity contribution in [1.29, 1.82) is 0 Å². The minimum Gasteiger partial charge on any atom is -0.479 e. The molecule has 0 radical (unpaired) electrons. The number of methoxy groups -OCH3 is 2. The highest BCUT2D eigenvalue weighted by atomic mass is 35.5. The molecule has 5 aliphatic heterocycles. The zero-order valence-electron chi connectivity index (χ0n) is 44.5. The molecule has 10 rings (SSSR count). The first-order valence-corrected chi connectivity index (χ1v) is 27.9. The third kappa shape index (κ3) is 30.3. The Bertz CT molecular complexity index is 1420. The van der Waals surface area contributed by atoms with E-state index in [0.29, 0.717) is 23.9 Å². The van der Waals surface area contributed by atoms with Crippen LogP contribution in [-0.2, 0) is 14.2 Å². The van der Waals surface area contributed by atoms with Gasteiger partial charge in [0.1, 0.15) is 10.9 Å². The van der Waals surface area contributed by atoms with Crippen molar-refractivity contribution in [2.45, 2.75) is 173 Å². The van der Waals surface area contributed by atoms with Crippen LogP contribution >= 0.6 is 35.0 Å². The molecule has 5 heterocycles. The fourth-order valence-electron chi connectivity index (χ4n) is 8.66. The molecule has 388 valence electrons. The zero-order valence-corrected chi connectivity index (χ0v) is 46.8. The summed E-state index contributed by atoms with van der Waals surface area (Å²) in [7, 11) is 10.0. The lowest BCUT2D eigenvalue weighted by Gasteiger charge is -2.23. The van der Waals surface area contributed by atoms with Gasteiger partial charge in [0, 0.05) is 45.5 Å². The minimum absolute atomic E-state index is 0.00347. The summed E-state index contributed by atoms with van der Waals surface area (Å²) >= 11 is 13.0. The monoisotopic (exact) mass is 996 g/mol. The molecule has 1 aromatic carbocycles. The smallest absolute Gasteiger partial charge is 0.180 e. The maximum absolute atomic E-state index is 9.18. The van der Waals surface area contributed by atoms with Gasteiger partial charge in [0.05, 0.1) is 30.9 Å². The van der Waals surface area contributed by atoms with Gasteiger partial charge in [-0.05, 0) is 180 Å². The minimum atomic E-state index is -0.347. The lowest BCUT2D eigenvalue weighted by Crippen LogP contribution is -2.28. The van der Waals surface area contributed by atoms with E-state index in [4.69, 9.17) is 37.4 Å². The molecule has 9 aliphatic rings. The predicted octanol–water partition coefficient (Wildman–Crippen LogP) is 12.8. The number of likely N-dealkylation sites (N-methyl/N-ethyl adjacent to an activating group) is 2.